The maximum absolute atomic E-state index is 9.33. The quantitative estimate of drug-likeness (QED) is 0.517. The summed E-state index contributed by atoms with van der Waals surface area (Å²) in [6.45, 7) is 0.649. The maximum Gasteiger partial charge on any atom is 0.0467 e. The van der Waals surface area contributed by atoms with Crippen molar-refractivity contribution in [2.45, 2.75) is 25.7 Å². The number of fused-ring (bicyclic) bond motifs is 2. The fourth-order valence-corrected chi connectivity index (χ4v) is 3.22. The van der Waals surface area contributed by atoms with Crippen LogP contribution in [0.4, 0.5) is 0 Å². The van der Waals surface area contributed by atoms with Crippen molar-refractivity contribution in [3.8, 4) is 0 Å². The van der Waals surface area contributed by atoms with E-state index in [2.05, 4.69) is 12.2 Å². The first kappa shape index (κ1) is 10.2. The molecular formula is C12H20O2. The second kappa shape index (κ2) is 4.45. The summed E-state index contributed by atoms with van der Waals surface area (Å²) in [5.41, 5.74) is 0. The number of aliphatic hydroxyl groups excluding tert-OH is 2. The van der Waals surface area contributed by atoms with Gasteiger partial charge >= 0.3 is 0 Å². The summed E-state index contributed by atoms with van der Waals surface area (Å²) in [5.74, 6) is 2.55. The molecule has 4 unspecified atom stereocenters. The van der Waals surface area contributed by atoms with Gasteiger partial charge in [0.2, 0.25) is 0 Å². The van der Waals surface area contributed by atoms with Gasteiger partial charge in [-0.3, -0.25) is 0 Å². The fraction of sp³-hybridized carbons (Fsp3) is 0.833. The van der Waals surface area contributed by atoms with E-state index < -0.39 is 0 Å². The molecule has 1 fully saturated rings. The third-order valence-corrected chi connectivity index (χ3v) is 3.96. The number of aliphatic hydroxyl groups is 2. The van der Waals surface area contributed by atoms with Crippen molar-refractivity contribution in [1.82, 2.24) is 0 Å². The highest BCUT2D eigenvalue weighted by Crippen LogP contribution is 2.49. The van der Waals surface area contributed by atoms with E-state index in [1.165, 1.54) is 12.8 Å². The Morgan fingerprint density at radius 1 is 1.00 bits per heavy atom. The van der Waals surface area contributed by atoms with E-state index >= 15 is 0 Å². The van der Waals surface area contributed by atoms with Crippen LogP contribution in [0.3, 0.4) is 0 Å². The molecule has 0 aromatic heterocycles. The van der Waals surface area contributed by atoms with Gasteiger partial charge in [-0.15, -0.1) is 0 Å². The van der Waals surface area contributed by atoms with Crippen LogP contribution in [0, 0.1) is 23.7 Å². The third kappa shape index (κ3) is 1.73. The largest absolute Gasteiger partial charge is 0.396 e. The van der Waals surface area contributed by atoms with Crippen LogP contribution >= 0.6 is 0 Å². The molecule has 0 radical (unpaired) electrons. The average molecular weight is 196 g/mol. The highest BCUT2D eigenvalue weighted by atomic mass is 16.3. The van der Waals surface area contributed by atoms with E-state index in [1.807, 2.05) is 0 Å². The van der Waals surface area contributed by atoms with Crippen LogP contribution in [0.5, 0.6) is 0 Å². The van der Waals surface area contributed by atoms with Crippen molar-refractivity contribution >= 4 is 0 Å². The Morgan fingerprint density at radius 2 is 1.71 bits per heavy atom. The molecule has 2 rings (SSSR count). The Morgan fingerprint density at radius 3 is 2.36 bits per heavy atom. The Balaban J connectivity index is 1.87. The van der Waals surface area contributed by atoms with Crippen molar-refractivity contribution in [2.24, 2.45) is 23.7 Å². The minimum atomic E-state index is 0.306. The Bertz CT molecular complexity index is 212. The molecule has 0 heterocycles. The molecule has 14 heavy (non-hydrogen) atoms. The summed E-state index contributed by atoms with van der Waals surface area (Å²) in [5, 5.41) is 18.1. The zero-order valence-corrected chi connectivity index (χ0v) is 8.60. The summed E-state index contributed by atoms with van der Waals surface area (Å²) in [4.78, 5) is 0. The second-order valence-corrected chi connectivity index (χ2v) is 4.68. The first-order valence-electron chi connectivity index (χ1n) is 5.77. The molecule has 1 saturated carbocycles. The smallest absolute Gasteiger partial charge is 0.0467 e. The van der Waals surface area contributed by atoms with E-state index in [1.54, 1.807) is 0 Å². The van der Waals surface area contributed by atoms with Gasteiger partial charge in [-0.1, -0.05) is 18.6 Å². The molecule has 2 aliphatic carbocycles. The van der Waals surface area contributed by atoms with Gasteiger partial charge in [0.05, 0.1) is 0 Å². The normalized spacial score (nSPS) is 39.6. The molecule has 2 nitrogen and oxygen atoms in total. The van der Waals surface area contributed by atoms with Gasteiger partial charge in [0.25, 0.3) is 0 Å². The summed E-state index contributed by atoms with van der Waals surface area (Å²) < 4.78 is 0. The number of allylic oxidation sites excluding steroid dienone is 2. The lowest BCUT2D eigenvalue weighted by Crippen LogP contribution is -2.22. The van der Waals surface area contributed by atoms with Crippen LogP contribution < -0.4 is 0 Å². The molecule has 0 aromatic rings. The summed E-state index contributed by atoms with van der Waals surface area (Å²) in [6, 6.07) is 0. The highest BCUT2D eigenvalue weighted by Gasteiger charge is 2.43. The zero-order chi connectivity index (χ0) is 9.97. The molecule has 0 amide bonds. The van der Waals surface area contributed by atoms with Crippen LogP contribution in [-0.4, -0.2) is 23.4 Å². The number of hydrogen-bond acceptors (Lipinski definition) is 2. The van der Waals surface area contributed by atoms with Crippen molar-refractivity contribution in [3.63, 3.8) is 0 Å². The summed E-state index contributed by atoms with van der Waals surface area (Å²) in [6.07, 6.45) is 9.07. The van der Waals surface area contributed by atoms with E-state index in [0.717, 1.165) is 18.8 Å². The van der Waals surface area contributed by atoms with Crippen molar-refractivity contribution in [3.05, 3.63) is 12.2 Å². The molecule has 4 atom stereocenters. The van der Waals surface area contributed by atoms with Crippen LogP contribution in [0.15, 0.2) is 12.2 Å². The first-order valence-corrected chi connectivity index (χ1v) is 5.77. The van der Waals surface area contributed by atoms with E-state index in [-0.39, 0.29) is 0 Å². The number of hydrogen-bond donors (Lipinski definition) is 2. The molecule has 2 heteroatoms. The van der Waals surface area contributed by atoms with E-state index in [4.69, 9.17) is 5.11 Å². The molecule has 2 bridgehead atoms. The van der Waals surface area contributed by atoms with Gasteiger partial charge in [-0.05, 0) is 42.9 Å². The standard InChI is InChI=1S/C12H20O2/c13-6-2-1-3-11-9-4-5-10(7-9)12(11)8-14/h4-5,9-14H,1-3,6-8H2. The van der Waals surface area contributed by atoms with Crippen LogP contribution in [0.1, 0.15) is 25.7 Å². The van der Waals surface area contributed by atoms with Crippen LogP contribution in [0.25, 0.3) is 0 Å². The second-order valence-electron chi connectivity index (χ2n) is 4.68. The van der Waals surface area contributed by atoms with Gasteiger partial charge in [-0.25, -0.2) is 0 Å². The molecule has 2 aliphatic rings. The minimum Gasteiger partial charge on any atom is -0.396 e. The third-order valence-electron chi connectivity index (χ3n) is 3.96. The van der Waals surface area contributed by atoms with Gasteiger partial charge in [0.15, 0.2) is 0 Å². The summed E-state index contributed by atoms with van der Waals surface area (Å²) >= 11 is 0. The monoisotopic (exact) mass is 196 g/mol. The number of unbranched alkanes of at least 4 members (excludes halogenated alkanes) is 1. The molecule has 0 spiro atoms. The van der Waals surface area contributed by atoms with E-state index in [0.29, 0.717) is 31.0 Å². The van der Waals surface area contributed by atoms with Gasteiger partial charge < -0.3 is 10.2 Å². The molecule has 0 aliphatic heterocycles. The maximum atomic E-state index is 9.33. The van der Waals surface area contributed by atoms with E-state index in [9.17, 15) is 5.11 Å². The predicted molar refractivity (Wildman–Crippen MR) is 55.7 cm³/mol. The average Bonchev–Trinajstić information content (AvgIpc) is 2.78. The van der Waals surface area contributed by atoms with Gasteiger partial charge in [0, 0.05) is 13.2 Å². The SMILES string of the molecule is OCCCCC1C2C=CC(C2)C1CO. The van der Waals surface area contributed by atoms with Gasteiger partial charge in [0.1, 0.15) is 0 Å². The van der Waals surface area contributed by atoms with Crippen molar-refractivity contribution in [2.75, 3.05) is 13.2 Å². The Kier molecular flexibility index (Phi) is 3.24. The minimum absolute atomic E-state index is 0.306. The topological polar surface area (TPSA) is 40.5 Å². The highest BCUT2D eigenvalue weighted by molar-refractivity contribution is 5.13. The lowest BCUT2D eigenvalue weighted by molar-refractivity contribution is 0.155. The predicted octanol–water partition coefficient (Wildman–Crippen LogP) is 1.58. The summed E-state index contributed by atoms with van der Waals surface area (Å²) in [7, 11) is 0. The van der Waals surface area contributed by atoms with Crippen LogP contribution in [0.2, 0.25) is 0 Å². The van der Waals surface area contributed by atoms with Crippen molar-refractivity contribution in [1.29, 1.82) is 0 Å². The van der Waals surface area contributed by atoms with Gasteiger partial charge in [-0.2, -0.15) is 0 Å². The molecule has 0 aromatic carbocycles. The molecule has 0 saturated heterocycles. The Labute approximate surface area is 85.6 Å². The molecule has 80 valence electrons. The fourth-order valence-electron chi connectivity index (χ4n) is 3.22. The molecular weight excluding hydrogens is 176 g/mol. The lowest BCUT2D eigenvalue weighted by atomic mass is 9.80. The first-order chi connectivity index (χ1) is 6.86. The zero-order valence-electron chi connectivity index (χ0n) is 8.60. The van der Waals surface area contributed by atoms with Crippen LogP contribution in [-0.2, 0) is 0 Å². The Hall–Kier alpha value is -0.340. The van der Waals surface area contributed by atoms with Crippen molar-refractivity contribution < 1.29 is 10.2 Å². The molecule has 2 N–H and O–H groups in total. The number of rotatable bonds is 5. The lowest BCUT2D eigenvalue weighted by Gasteiger charge is -2.26.